The molecule has 2 heterocycles. The molecule has 2 aromatic heterocycles. The van der Waals surface area contributed by atoms with Crippen molar-refractivity contribution in [2.24, 2.45) is 0 Å². The van der Waals surface area contributed by atoms with Gasteiger partial charge < -0.3 is 28.2 Å². The van der Waals surface area contributed by atoms with Crippen molar-refractivity contribution in [3.8, 4) is 11.5 Å². The van der Waals surface area contributed by atoms with E-state index in [9.17, 15) is 32.3 Å². The first kappa shape index (κ1) is 29.3. The summed E-state index contributed by atoms with van der Waals surface area (Å²) in [7, 11) is 1.50. The van der Waals surface area contributed by atoms with Gasteiger partial charge in [0.2, 0.25) is 23.3 Å². The summed E-state index contributed by atoms with van der Waals surface area (Å²) in [5.41, 5.74) is -1.08. The number of carbonyl (C=O) groups is 2. The summed E-state index contributed by atoms with van der Waals surface area (Å²) in [5, 5.41) is 9.43. The highest BCUT2D eigenvalue weighted by molar-refractivity contribution is 6.00. The molecule has 0 radical (unpaired) electrons. The number of benzene rings is 2. The quantitative estimate of drug-likeness (QED) is 0.128. The Morgan fingerprint density at radius 2 is 1.35 bits per heavy atom. The van der Waals surface area contributed by atoms with Gasteiger partial charge in [-0.05, 0) is 26.0 Å². The van der Waals surface area contributed by atoms with E-state index in [4.69, 9.17) is 23.0 Å². The summed E-state index contributed by atoms with van der Waals surface area (Å²) in [6.07, 6.45) is 0.652. The van der Waals surface area contributed by atoms with Crippen LogP contribution in [-0.2, 0) is 9.47 Å². The van der Waals surface area contributed by atoms with Gasteiger partial charge in [-0.25, -0.2) is 0 Å². The molecule has 0 saturated carbocycles. The van der Waals surface area contributed by atoms with Crippen LogP contribution in [0.25, 0.3) is 21.9 Å². The maximum atomic E-state index is 14.0. The Kier molecular flexibility index (Phi) is 9.81. The topological polar surface area (TPSA) is 108 Å². The molecule has 12 heteroatoms. The number of phenols is 1. The van der Waals surface area contributed by atoms with E-state index in [2.05, 4.69) is 0 Å². The number of aromatic hydroxyl groups is 1. The van der Waals surface area contributed by atoms with Crippen LogP contribution in [0.15, 0.2) is 21.0 Å². The van der Waals surface area contributed by atoms with Crippen LogP contribution in [0.3, 0.4) is 0 Å². The zero-order chi connectivity index (χ0) is 26.6. The fourth-order valence-electron chi connectivity index (χ4n) is 3.32. The van der Waals surface area contributed by atoms with E-state index in [1.54, 1.807) is 6.92 Å². The van der Waals surface area contributed by atoms with Crippen molar-refractivity contribution < 1.29 is 55.3 Å². The van der Waals surface area contributed by atoms with Gasteiger partial charge >= 0.3 is 0 Å². The lowest BCUT2D eigenvalue weighted by atomic mass is 10.1. The molecule has 0 atom stereocenters. The molecule has 4 aromatic rings. The van der Waals surface area contributed by atoms with Crippen LogP contribution in [0.1, 0.15) is 39.7 Å². The van der Waals surface area contributed by atoms with Crippen molar-refractivity contribution >= 4 is 34.5 Å². The number of fused-ring (bicyclic) bond motifs is 2. The molecule has 0 amide bonds. The number of aldehydes is 2. The first-order valence-electron chi connectivity index (χ1n) is 10.3. The van der Waals surface area contributed by atoms with Crippen molar-refractivity contribution in [1.29, 1.82) is 0 Å². The summed E-state index contributed by atoms with van der Waals surface area (Å²) in [5.74, 6) is -6.04. The van der Waals surface area contributed by atoms with E-state index < -0.39 is 34.8 Å². The average Bonchev–Trinajstić information content (AvgIpc) is 3.44. The van der Waals surface area contributed by atoms with Crippen LogP contribution < -0.4 is 4.74 Å². The van der Waals surface area contributed by atoms with Crippen LogP contribution in [0.5, 0.6) is 11.5 Å². The third kappa shape index (κ3) is 5.75. The lowest BCUT2D eigenvalue weighted by Crippen LogP contribution is -2.10. The minimum atomic E-state index is -1.47. The standard InChI is InChI=1S/C14H14F2O5.C10H6F2O3.CH4/c1-8-5-9-10(6-17)13(20-7-19-4-3-18-2)11(15)12(16)14(9)21-8;1-4-2-5-6(3-13)9(14)7(11)8(12)10(5)15-4;/h5-6H,3-4,7H2,1-2H3;2-3,14H,1H3;1H4. The molecule has 1 N–H and O–H groups in total. The monoisotopic (exact) mass is 528 g/mol. The molecule has 0 spiro atoms. The molecule has 0 saturated heterocycles. The van der Waals surface area contributed by atoms with Crippen molar-refractivity contribution in [3.05, 3.63) is 58.0 Å². The Hall–Kier alpha value is -3.90. The highest BCUT2D eigenvalue weighted by Crippen LogP contribution is 2.35. The maximum Gasteiger partial charge on any atom is 0.205 e. The van der Waals surface area contributed by atoms with Gasteiger partial charge in [-0.1, -0.05) is 7.43 Å². The Labute approximate surface area is 208 Å². The number of halogens is 4. The van der Waals surface area contributed by atoms with Crippen molar-refractivity contribution in [1.82, 2.24) is 0 Å². The van der Waals surface area contributed by atoms with Gasteiger partial charge in [0.1, 0.15) is 11.5 Å². The van der Waals surface area contributed by atoms with E-state index in [-0.39, 0.29) is 60.2 Å². The van der Waals surface area contributed by atoms with Gasteiger partial charge in [0, 0.05) is 17.9 Å². The van der Waals surface area contributed by atoms with E-state index in [0.29, 0.717) is 24.4 Å². The predicted octanol–water partition coefficient (Wildman–Crippen LogP) is 6.00. The van der Waals surface area contributed by atoms with Crippen molar-refractivity contribution in [2.45, 2.75) is 21.3 Å². The van der Waals surface area contributed by atoms with Gasteiger partial charge in [0.25, 0.3) is 0 Å². The lowest BCUT2D eigenvalue weighted by Gasteiger charge is -2.11. The number of phenolic OH excluding ortho intramolecular Hbond substituents is 1. The summed E-state index contributed by atoms with van der Waals surface area (Å²) < 4.78 is 78.9. The zero-order valence-corrected chi connectivity index (χ0v) is 19.2. The van der Waals surface area contributed by atoms with Gasteiger partial charge in [-0.2, -0.15) is 17.6 Å². The molecule has 0 bridgehead atoms. The van der Waals surface area contributed by atoms with E-state index in [1.165, 1.54) is 26.2 Å². The number of aryl methyl sites for hydroxylation is 2. The van der Waals surface area contributed by atoms with Crippen molar-refractivity contribution in [2.75, 3.05) is 27.1 Å². The Morgan fingerprint density at radius 3 is 1.86 bits per heavy atom. The second kappa shape index (κ2) is 12.4. The Bertz CT molecular complexity index is 1420. The van der Waals surface area contributed by atoms with Crippen molar-refractivity contribution in [3.63, 3.8) is 0 Å². The maximum absolute atomic E-state index is 14.0. The highest BCUT2D eigenvalue weighted by atomic mass is 19.2. The highest BCUT2D eigenvalue weighted by Gasteiger charge is 2.24. The molecule has 0 aliphatic carbocycles. The second-order valence-electron chi connectivity index (χ2n) is 7.36. The number of carbonyl (C=O) groups excluding carboxylic acids is 2. The number of methoxy groups -OCH3 is 1. The third-order valence-electron chi connectivity index (χ3n) is 4.94. The Morgan fingerprint density at radius 1 is 0.838 bits per heavy atom. The number of ether oxygens (including phenoxy) is 3. The summed E-state index contributed by atoms with van der Waals surface area (Å²) in [4.78, 5) is 21.8. The summed E-state index contributed by atoms with van der Waals surface area (Å²) >= 11 is 0. The van der Waals surface area contributed by atoms with Crippen LogP contribution in [-0.4, -0.2) is 44.8 Å². The first-order valence-corrected chi connectivity index (χ1v) is 10.3. The van der Waals surface area contributed by atoms with E-state index in [0.717, 1.165) is 0 Å². The normalized spacial score (nSPS) is 10.7. The largest absolute Gasteiger partial charge is 0.504 e. The molecule has 0 unspecified atom stereocenters. The Balaban J connectivity index is 0.000000266. The van der Waals surface area contributed by atoms with Crippen LogP contribution in [0.4, 0.5) is 17.6 Å². The lowest BCUT2D eigenvalue weighted by molar-refractivity contribution is -0.0104. The van der Waals surface area contributed by atoms with Gasteiger partial charge in [0.15, 0.2) is 42.0 Å². The minimum absolute atomic E-state index is 0. The first-order chi connectivity index (χ1) is 17.2. The smallest absolute Gasteiger partial charge is 0.205 e. The average molecular weight is 528 g/mol. The minimum Gasteiger partial charge on any atom is -0.504 e. The SMILES string of the molecule is C.COCCOCOc1c(F)c(F)c2oc(C)cc2c1C=O.Cc1cc2c(C=O)c(O)c(F)c(F)c2o1. The number of rotatable bonds is 8. The molecule has 2 aromatic carbocycles. The van der Waals surface area contributed by atoms with Gasteiger partial charge in [0.05, 0.1) is 24.3 Å². The third-order valence-corrected chi connectivity index (χ3v) is 4.94. The van der Waals surface area contributed by atoms with Crippen LogP contribution in [0.2, 0.25) is 0 Å². The molecule has 0 aliphatic rings. The molecule has 0 aliphatic heterocycles. The van der Waals surface area contributed by atoms with E-state index in [1.807, 2.05) is 0 Å². The molecule has 8 nitrogen and oxygen atoms in total. The summed E-state index contributed by atoms with van der Waals surface area (Å²) in [6.45, 7) is 3.33. The number of hydrogen-bond acceptors (Lipinski definition) is 8. The van der Waals surface area contributed by atoms with E-state index >= 15 is 0 Å². The second-order valence-corrected chi connectivity index (χ2v) is 7.36. The number of furan rings is 2. The molecular weight excluding hydrogens is 504 g/mol. The fraction of sp³-hybridized carbons (Fsp3) is 0.280. The molecule has 4 rings (SSSR count). The fourth-order valence-corrected chi connectivity index (χ4v) is 3.32. The molecule has 200 valence electrons. The molecule has 0 fully saturated rings. The van der Waals surface area contributed by atoms with Crippen LogP contribution in [0, 0.1) is 37.1 Å². The van der Waals surface area contributed by atoms with Crippen LogP contribution >= 0.6 is 0 Å². The van der Waals surface area contributed by atoms with Gasteiger partial charge in [-0.15, -0.1) is 0 Å². The number of hydrogen-bond donors (Lipinski definition) is 1. The molecular formula is C25H24F4O8. The molecule has 37 heavy (non-hydrogen) atoms. The summed E-state index contributed by atoms with van der Waals surface area (Å²) in [6, 6.07) is 2.81. The zero-order valence-electron chi connectivity index (χ0n) is 19.2. The van der Waals surface area contributed by atoms with Gasteiger partial charge in [-0.3, -0.25) is 9.59 Å². The predicted molar refractivity (Wildman–Crippen MR) is 124 cm³/mol.